The molecule has 0 fully saturated rings. The molecule has 0 heterocycles. The first-order valence-electron chi connectivity index (χ1n) is 7.34. The summed E-state index contributed by atoms with van der Waals surface area (Å²) in [4.78, 5) is 12.1. The Bertz CT molecular complexity index is 532. The van der Waals surface area contributed by atoms with E-state index < -0.39 is 21.8 Å². The number of rotatable bonds is 7. The third kappa shape index (κ3) is 5.73. The lowest BCUT2D eigenvalue weighted by Crippen LogP contribution is -2.45. The minimum atomic E-state index is -1.34. The summed E-state index contributed by atoms with van der Waals surface area (Å²) in [6, 6.07) is 7.11. The smallest absolute Gasteiger partial charge is 0.324 e. The minimum Gasteiger partial charge on any atom is -0.465 e. The highest BCUT2D eigenvalue weighted by Crippen LogP contribution is 2.13. The summed E-state index contributed by atoms with van der Waals surface area (Å²) in [6.45, 7) is 11.3. The topological polar surface area (TPSA) is 55.4 Å². The number of ether oxygens (including phenoxy) is 1. The Morgan fingerprint density at radius 2 is 1.95 bits per heavy atom. The molecule has 0 aliphatic carbocycles. The molecule has 1 aromatic rings. The monoisotopic (exact) mass is 323 g/mol. The molecule has 122 valence electrons. The average Bonchev–Trinajstić information content (AvgIpc) is 2.46. The van der Waals surface area contributed by atoms with E-state index in [1.54, 1.807) is 13.0 Å². The quantitative estimate of drug-likeness (QED) is 0.785. The largest absolute Gasteiger partial charge is 0.465 e. The zero-order valence-electron chi connectivity index (χ0n) is 13.7. The Balaban J connectivity index is 2.87. The van der Waals surface area contributed by atoms with Crippen LogP contribution >= 0.6 is 0 Å². The molecule has 4 nitrogen and oxygen atoms in total. The lowest BCUT2D eigenvalue weighted by Gasteiger charge is -2.23. The van der Waals surface area contributed by atoms with E-state index in [-0.39, 0.29) is 5.97 Å². The molecule has 0 bridgehead atoms. The van der Waals surface area contributed by atoms with Gasteiger partial charge in [0.05, 0.1) is 22.3 Å². The summed E-state index contributed by atoms with van der Waals surface area (Å²) in [6.07, 6.45) is 2.19. The Morgan fingerprint density at radius 3 is 2.41 bits per heavy atom. The molecule has 0 saturated heterocycles. The molecular weight excluding hydrogens is 298 g/mol. The molecule has 5 heteroatoms. The van der Waals surface area contributed by atoms with Gasteiger partial charge in [0.1, 0.15) is 6.04 Å². The van der Waals surface area contributed by atoms with Gasteiger partial charge in [0, 0.05) is 0 Å². The number of hydrogen-bond donors (Lipinski definition) is 1. The van der Waals surface area contributed by atoms with Crippen molar-refractivity contribution in [3.05, 3.63) is 42.0 Å². The number of hydrogen-bond acceptors (Lipinski definition) is 3. The Kier molecular flexibility index (Phi) is 6.97. The van der Waals surface area contributed by atoms with Crippen molar-refractivity contribution in [1.29, 1.82) is 0 Å². The SMILES string of the molecule is C=Cc1ccc(C[C@@H](NS(=O)C(C)(C)C)C(=O)OCC)cc1. The molecule has 2 atom stereocenters. The van der Waals surface area contributed by atoms with Crippen molar-refractivity contribution in [1.82, 2.24) is 4.72 Å². The first kappa shape index (κ1) is 18.6. The fourth-order valence-electron chi connectivity index (χ4n) is 1.75. The Hall–Kier alpha value is -1.46. The average molecular weight is 323 g/mol. The van der Waals surface area contributed by atoms with Gasteiger partial charge in [-0.25, -0.2) is 8.93 Å². The van der Waals surface area contributed by atoms with Gasteiger partial charge in [-0.1, -0.05) is 36.9 Å². The molecule has 1 aromatic carbocycles. The van der Waals surface area contributed by atoms with Crippen LogP contribution in [0.25, 0.3) is 6.08 Å². The number of nitrogens with one attached hydrogen (secondary N) is 1. The van der Waals surface area contributed by atoms with E-state index in [2.05, 4.69) is 11.3 Å². The summed E-state index contributed by atoms with van der Waals surface area (Å²) >= 11 is 0. The molecule has 0 radical (unpaired) electrons. The van der Waals surface area contributed by atoms with E-state index in [0.29, 0.717) is 13.0 Å². The van der Waals surface area contributed by atoms with E-state index in [0.717, 1.165) is 11.1 Å². The molecule has 0 aromatic heterocycles. The number of carbonyl (C=O) groups is 1. The lowest BCUT2D eigenvalue weighted by molar-refractivity contribution is -0.145. The highest BCUT2D eigenvalue weighted by molar-refractivity contribution is 7.84. The third-order valence-electron chi connectivity index (χ3n) is 3.03. The van der Waals surface area contributed by atoms with Crippen LogP contribution in [0.5, 0.6) is 0 Å². The highest BCUT2D eigenvalue weighted by Gasteiger charge is 2.27. The van der Waals surface area contributed by atoms with E-state index >= 15 is 0 Å². The van der Waals surface area contributed by atoms with Crippen LogP contribution in [0.15, 0.2) is 30.8 Å². The van der Waals surface area contributed by atoms with Crippen molar-refractivity contribution in [2.24, 2.45) is 0 Å². The number of esters is 1. The minimum absolute atomic E-state index is 0.300. The second kappa shape index (κ2) is 8.25. The van der Waals surface area contributed by atoms with Gasteiger partial charge in [0.25, 0.3) is 0 Å². The maximum Gasteiger partial charge on any atom is 0.324 e. The molecule has 1 rings (SSSR count). The van der Waals surface area contributed by atoms with Crippen molar-refractivity contribution in [2.45, 2.75) is 44.9 Å². The van der Waals surface area contributed by atoms with Gasteiger partial charge in [0.2, 0.25) is 0 Å². The van der Waals surface area contributed by atoms with Crippen LogP contribution in [0.1, 0.15) is 38.8 Å². The lowest BCUT2D eigenvalue weighted by atomic mass is 10.0. The molecule has 1 unspecified atom stereocenters. The predicted octanol–water partition coefficient (Wildman–Crippen LogP) is 2.86. The third-order valence-corrected chi connectivity index (χ3v) is 4.64. The van der Waals surface area contributed by atoms with Crippen molar-refractivity contribution in [3.8, 4) is 0 Å². The van der Waals surface area contributed by atoms with Gasteiger partial charge < -0.3 is 4.74 Å². The normalized spacial score (nSPS) is 14.2. The Labute approximate surface area is 135 Å². The molecule has 1 N–H and O–H groups in total. The molecule has 0 saturated carbocycles. The highest BCUT2D eigenvalue weighted by atomic mass is 32.2. The van der Waals surface area contributed by atoms with Crippen LogP contribution in [0.4, 0.5) is 0 Å². The standard InChI is InChI=1S/C17H25NO3S/c1-6-13-8-10-14(11-9-13)12-15(16(19)21-7-2)18-22(20)17(3,4)5/h6,8-11,15,18H,1,7,12H2,2-5H3/t15-,22?/m1/s1. The predicted molar refractivity (Wildman–Crippen MR) is 91.7 cm³/mol. The summed E-state index contributed by atoms with van der Waals surface area (Å²) in [5.41, 5.74) is 1.99. The van der Waals surface area contributed by atoms with E-state index in [1.807, 2.05) is 45.0 Å². The van der Waals surface area contributed by atoms with E-state index in [4.69, 9.17) is 4.74 Å². The number of carbonyl (C=O) groups excluding carboxylic acids is 1. The van der Waals surface area contributed by atoms with Crippen LogP contribution in [-0.4, -0.2) is 27.6 Å². The van der Waals surface area contributed by atoms with Crippen molar-refractivity contribution in [3.63, 3.8) is 0 Å². The first-order chi connectivity index (χ1) is 10.3. The maximum absolute atomic E-state index is 12.3. The van der Waals surface area contributed by atoms with E-state index in [1.165, 1.54) is 0 Å². The van der Waals surface area contributed by atoms with Crippen molar-refractivity contribution >= 4 is 23.0 Å². The summed E-state index contributed by atoms with van der Waals surface area (Å²) < 4.78 is 19.8. The van der Waals surface area contributed by atoms with Gasteiger partial charge in [-0.3, -0.25) is 4.79 Å². The van der Waals surface area contributed by atoms with Crippen LogP contribution in [0.2, 0.25) is 0 Å². The van der Waals surface area contributed by atoms with E-state index in [9.17, 15) is 9.00 Å². The van der Waals surface area contributed by atoms with Crippen LogP contribution in [0.3, 0.4) is 0 Å². The van der Waals surface area contributed by atoms with Gasteiger partial charge in [-0.15, -0.1) is 0 Å². The maximum atomic E-state index is 12.3. The molecule has 22 heavy (non-hydrogen) atoms. The van der Waals surface area contributed by atoms with Gasteiger partial charge in [0.15, 0.2) is 0 Å². The molecule has 0 aliphatic rings. The molecule has 0 aliphatic heterocycles. The second-order valence-electron chi connectivity index (χ2n) is 5.95. The van der Waals surface area contributed by atoms with Crippen molar-refractivity contribution < 1.29 is 13.7 Å². The second-order valence-corrected chi connectivity index (χ2v) is 7.95. The zero-order chi connectivity index (χ0) is 16.8. The van der Waals surface area contributed by atoms with Crippen LogP contribution in [-0.2, 0) is 26.9 Å². The van der Waals surface area contributed by atoms with Crippen LogP contribution < -0.4 is 4.72 Å². The van der Waals surface area contributed by atoms with Crippen molar-refractivity contribution in [2.75, 3.05) is 6.61 Å². The summed E-state index contributed by atoms with van der Waals surface area (Å²) in [5, 5.41) is 0. The molecule has 0 amide bonds. The Morgan fingerprint density at radius 1 is 1.36 bits per heavy atom. The fourth-order valence-corrected chi connectivity index (χ4v) is 2.54. The van der Waals surface area contributed by atoms with Gasteiger partial charge in [-0.2, -0.15) is 0 Å². The summed E-state index contributed by atoms with van der Waals surface area (Å²) in [5.74, 6) is -0.382. The van der Waals surface area contributed by atoms with Gasteiger partial charge in [-0.05, 0) is 45.2 Å². The summed E-state index contributed by atoms with van der Waals surface area (Å²) in [7, 11) is -1.34. The molecule has 0 spiro atoms. The molecular formula is C17H25NO3S. The zero-order valence-corrected chi connectivity index (χ0v) is 14.5. The van der Waals surface area contributed by atoms with Crippen LogP contribution in [0, 0.1) is 0 Å². The number of benzene rings is 1. The fraction of sp³-hybridized carbons (Fsp3) is 0.471. The first-order valence-corrected chi connectivity index (χ1v) is 8.49. The van der Waals surface area contributed by atoms with Gasteiger partial charge >= 0.3 is 5.97 Å².